The van der Waals surface area contributed by atoms with E-state index in [1.165, 1.54) is 30.2 Å². The Morgan fingerprint density at radius 2 is 2.20 bits per heavy atom. The van der Waals surface area contributed by atoms with Crippen molar-refractivity contribution >= 4 is 11.9 Å². The Balaban J connectivity index is 2.03. The lowest BCUT2D eigenvalue weighted by atomic mass is 10.1. The second kappa shape index (κ2) is 6.47. The fourth-order valence-corrected chi connectivity index (χ4v) is 2.10. The third-order valence-corrected chi connectivity index (χ3v) is 3.15. The van der Waals surface area contributed by atoms with E-state index in [1.54, 1.807) is 6.07 Å². The molecule has 0 bridgehead atoms. The van der Waals surface area contributed by atoms with Crippen LogP contribution in [0.5, 0.6) is 0 Å². The Kier molecular flexibility index (Phi) is 4.68. The number of amides is 1. The predicted octanol–water partition coefficient (Wildman–Crippen LogP) is 1.23. The van der Waals surface area contributed by atoms with Crippen molar-refractivity contribution in [3.05, 3.63) is 35.6 Å². The van der Waals surface area contributed by atoms with E-state index >= 15 is 0 Å². The molecule has 1 amide bonds. The van der Waals surface area contributed by atoms with E-state index in [-0.39, 0.29) is 24.4 Å². The smallest absolute Gasteiger partial charge is 0.308 e. The van der Waals surface area contributed by atoms with Crippen molar-refractivity contribution in [2.45, 2.75) is 12.5 Å². The summed E-state index contributed by atoms with van der Waals surface area (Å²) in [5, 5.41) is 0. The first-order valence-electron chi connectivity index (χ1n) is 6.34. The van der Waals surface area contributed by atoms with Crippen LogP contribution in [0.25, 0.3) is 0 Å². The lowest BCUT2D eigenvalue weighted by Crippen LogP contribution is -2.46. The first-order chi connectivity index (χ1) is 9.61. The molecule has 0 N–H and O–H groups in total. The molecule has 1 unspecified atom stereocenters. The van der Waals surface area contributed by atoms with E-state index in [2.05, 4.69) is 4.74 Å². The summed E-state index contributed by atoms with van der Waals surface area (Å²) in [7, 11) is 1.30. The number of hydrogen-bond acceptors (Lipinski definition) is 4. The van der Waals surface area contributed by atoms with Crippen LogP contribution >= 0.6 is 0 Å². The molecule has 0 aliphatic carbocycles. The van der Waals surface area contributed by atoms with Crippen molar-refractivity contribution in [3.8, 4) is 0 Å². The quantitative estimate of drug-likeness (QED) is 0.782. The molecule has 0 aromatic heterocycles. The molecule has 1 fully saturated rings. The highest BCUT2D eigenvalue weighted by Gasteiger charge is 2.27. The highest BCUT2D eigenvalue weighted by atomic mass is 19.1. The molecule has 0 spiro atoms. The maximum absolute atomic E-state index is 13.6. The Bertz CT molecular complexity index is 506. The molecule has 20 heavy (non-hydrogen) atoms. The molecule has 5 nitrogen and oxygen atoms in total. The first-order valence-corrected chi connectivity index (χ1v) is 6.34. The van der Waals surface area contributed by atoms with E-state index in [4.69, 9.17) is 4.74 Å². The average Bonchev–Trinajstić information content (AvgIpc) is 2.47. The minimum Gasteiger partial charge on any atom is -0.469 e. The van der Waals surface area contributed by atoms with Crippen molar-refractivity contribution < 1.29 is 23.5 Å². The van der Waals surface area contributed by atoms with Crippen LogP contribution in [0, 0.1) is 5.82 Å². The standard InChI is InChI=1S/C14H16FNO4/c1-19-13(17)8-10-9-16(6-7-20-10)14(18)11-4-2-3-5-12(11)15/h2-5,10H,6-9H2,1H3. The van der Waals surface area contributed by atoms with Gasteiger partial charge >= 0.3 is 5.97 Å². The highest BCUT2D eigenvalue weighted by molar-refractivity contribution is 5.94. The molecule has 1 aliphatic rings. The van der Waals surface area contributed by atoms with Crippen LogP contribution < -0.4 is 0 Å². The number of nitrogens with zero attached hydrogens (tertiary/aromatic N) is 1. The number of halogens is 1. The normalized spacial score (nSPS) is 18.7. The van der Waals surface area contributed by atoms with Crippen molar-refractivity contribution in [2.75, 3.05) is 26.8 Å². The number of morpholine rings is 1. The molecule has 1 aromatic rings. The molecular formula is C14H16FNO4. The van der Waals surface area contributed by atoms with Crippen molar-refractivity contribution in [3.63, 3.8) is 0 Å². The summed E-state index contributed by atoms with van der Waals surface area (Å²) in [6.45, 7) is 0.953. The Hall–Kier alpha value is -1.95. The van der Waals surface area contributed by atoms with Gasteiger partial charge < -0.3 is 14.4 Å². The number of rotatable bonds is 3. The van der Waals surface area contributed by atoms with Crippen LogP contribution in [0.3, 0.4) is 0 Å². The summed E-state index contributed by atoms with van der Waals surface area (Å²) in [4.78, 5) is 24.9. The molecule has 2 rings (SSSR count). The summed E-state index contributed by atoms with van der Waals surface area (Å²) in [6, 6.07) is 5.84. The molecule has 1 aliphatic heterocycles. The Morgan fingerprint density at radius 3 is 2.90 bits per heavy atom. The number of benzene rings is 1. The van der Waals surface area contributed by atoms with Crippen LogP contribution in [-0.4, -0.2) is 49.7 Å². The molecule has 1 saturated heterocycles. The van der Waals surface area contributed by atoms with E-state index in [0.29, 0.717) is 13.2 Å². The third-order valence-electron chi connectivity index (χ3n) is 3.15. The number of hydrogen-bond donors (Lipinski definition) is 0. The van der Waals surface area contributed by atoms with Gasteiger partial charge in [-0.3, -0.25) is 9.59 Å². The summed E-state index contributed by atoms with van der Waals surface area (Å²) < 4.78 is 23.6. The lowest BCUT2D eigenvalue weighted by molar-refractivity contribution is -0.145. The van der Waals surface area contributed by atoms with Crippen molar-refractivity contribution in [1.82, 2.24) is 4.90 Å². The fraction of sp³-hybridized carbons (Fsp3) is 0.429. The molecule has 1 atom stereocenters. The average molecular weight is 281 g/mol. The minimum atomic E-state index is -0.548. The molecule has 1 heterocycles. The van der Waals surface area contributed by atoms with E-state index in [1.807, 2.05) is 0 Å². The number of ether oxygens (including phenoxy) is 2. The van der Waals surface area contributed by atoms with Gasteiger partial charge in [-0.05, 0) is 12.1 Å². The van der Waals surface area contributed by atoms with Gasteiger partial charge in [0.2, 0.25) is 0 Å². The first kappa shape index (κ1) is 14.5. The van der Waals surface area contributed by atoms with E-state index in [0.717, 1.165) is 0 Å². The van der Waals surface area contributed by atoms with Gasteiger partial charge in [-0.25, -0.2) is 4.39 Å². The van der Waals surface area contributed by atoms with Crippen LogP contribution in [0.1, 0.15) is 16.8 Å². The molecule has 1 aromatic carbocycles. The van der Waals surface area contributed by atoms with Gasteiger partial charge in [0.1, 0.15) is 5.82 Å². The second-order valence-electron chi connectivity index (χ2n) is 4.50. The van der Waals surface area contributed by atoms with Crippen LogP contribution in [-0.2, 0) is 14.3 Å². The number of carbonyl (C=O) groups is 2. The summed E-state index contributed by atoms with van der Waals surface area (Å²) in [6.07, 6.45) is -0.329. The van der Waals surface area contributed by atoms with Gasteiger partial charge in [0.15, 0.2) is 0 Å². The van der Waals surface area contributed by atoms with Gasteiger partial charge in [0, 0.05) is 13.1 Å². The third kappa shape index (κ3) is 3.33. The highest BCUT2D eigenvalue weighted by Crippen LogP contribution is 2.15. The number of esters is 1. The Morgan fingerprint density at radius 1 is 1.45 bits per heavy atom. The van der Waals surface area contributed by atoms with E-state index in [9.17, 15) is 14.0 Å². The largest absolute Gasteiger partial charge is 0.469 e. The molecular weight excluding hydrogens is 265 g/mol. The SMILES string of the molecule is COC(=O)CC1CN(C(=O)c2ccccc2F)CCO1. The van der Waals surface area contributed by atoms with Gasteiger partial charge in [-0.15, -0.1) is 0 Å². The lowest BCUT2D eigenvalue weighted by Gasteiger charge is -2.32. The van der Waals surface area contributed by atoms with Crippen LogP contribution in [0.15, 0.2) is 24.3 Å². The maximum atomic E-state index is 13.6. The Labute approximate surface area is 116 Å². The maximum Gasteiger partial charge on any atom is 0.308 e. The van der Waals surface area contributed by atoms with Crippen LogP contribution in [0.2, 0.25) is 0 Å². The van der Waals surface area contributed by atoms with E-state index < -0.39 is 17.9 Å². The monoisotopic (exact) mass is 281 g/mol. The molecule has 0 radical (unpaired) electrons. The number of carbonyl (C=O) groups excluding carboxylic acids is 2. The van der Waals surface area contributed by atoms with Gasteiger partial charge in [-0.2, -0.15) is 0 Å². The summed E-state index contributed by atoms with van der Waals surface area (Å²) >= 11 is 0. The zero-order valence-corrected chi connectivity index (χ0v) is 11.2. The van der Waals surface area contributed by atoms with Crippen molar-refractivity contribution in [1.29, 1.82) is 0 Å². The minimum absolute atomic E-state index is 0.0335. The fourth-order valence-electron chi connectivity index (χ4n) is 2.10. The predicted molar refractivity (Wildman–Crippen MR) is 68.7 cm³/mol. The second-order valence-corrected chi connectivity index (χ2v) is 4.50. The topological polar surface area (TPSA) is 55.8 Å². The molecule has 108 valence electrons. The zero-order valence-electron chi connectivity index (χ0n) is 11.2. The molecule has 6 heteroatoms. The zero-order chi connectivity index (χ0) is 14.5. The van der Waals surface area contributed by atoms with Crippen molar-refractivity contribution in [2.24, 2.45) is 0 Å². The van der Waals surface area contributed by atoms with Crippen LogP contribution in [0.4, 0.5) is 4.39 Å². The van der Waals surface area contributed by atoms with Gasteiger partial charge in [0.25, 0.3) is 5.91 Å². The van der Waals surface area contributed by atoms with Gasteiger partial charge in [0.05, 0.1) is 31.8 Å². The molecule has 0 saturated carbocycles. The number of methoxy groups -OCH3 is 1. The summed E-state index contributed by atoms with van der Waals surface area (Å²) in [5.74, 6) is -1.33. The summed E-state index contributed by atoms with van der Waals surface area (Å²) in [5.41, 5.74) is 0.0335. The van der Waals surface area contributed by atoms with Gasteiger partial charge in [-0.1, -0.05) is 12.1 Å².